The molecule has 86 valence electrons. The quantitative estimate of drug-likeness (QED) is 0.800. The molecule has 0 bridgehead atoms. The fraction of sp³-hybridized carbons (Fsp3) is 0.273. The predicted octanol–water partition coefficient (Wildman–Crippen LogP) is 2.00. The maximum atomic E-state index is 13.3. The normalized spacial score (nSPS) is 9.81. The van der Waals surface area contributed by atoms with Crippen molar-refractivity contribution in [3.05, 3.63) is 29.6 Å². The van der Waals surface area contributed by atoms with E-state index < -0.39 is 12.4 Å². The third kappa shape index (κ3) is 3.48. The SMILES string of the molecule is CNCC#Cc1c(F)cccc1OC(F)F. The van der Waals surface area contributed by atoms with Crippen molar-refractivity contribution in [2.24, 2.45) is 0 Å². The van der Waals surface area contributed by atoms with E-state index in [1.54, 1.807) is 7.05 Å². The van der Waals surface area contributed by atoms with Gasteiger partial charge in [-0.1, -0.05) is 17.9 Å². The summed E-state index contributed by atoms with van der Waals surface area (Å²) in [4.78, 5) is 0. The highest BCUT2D eigenvalue weighted by atomic mass is 19.3. The van der Waals surface area contributed by atoms with Gasteiger partial charge in [-0.05, 0) is 19.2 Å². The predicted molar refractivity (Wildman–Crippen MR) is 53.8 cm³/mol. The molecule has 2 nitrogen and oxygen atoms in total. The number of alkyl halides is 2. The van der Waals surface area contributed by atoms with Gasteiger partial charge in [0.15, 0.2) is 0 Å². The zero-order valence-electron chi connectivity index (χ0n) is 8.56. The number of rotatable bonds is 3. The molecule has 0 saturated heterocycles. The van der Waals surface area contributed by atoms with Gasteiger partial charge in [-0.3, -0.25) is 0 Å². The molecule has 5 heteroatoms. The van der Waals surface area contributed by atoms with Crippen molar-refractivity contribution in [3.63, 3.8) is 0 Å². The molecule has 1 aromatic rings. The second-order valence-corrected chi connectivity index (χ2v) is 2.82. The van der Waals surface area contributed by atoms with Crippen LogP contribution in [0.2, 0.25) is 0 Å². The van der Waals surface area contributed by atoms with Crippen molar-refractivity contribution in [1.82, 2.24) is 5.32 Å². The van der Waals surface area contributed by atoms with E-state index in [4.69, 9.17) is 0 Å². The first kappa shape index (κ1) is 12.4. The molecule has 0 saturated carbocycles. The third-order valence-electron chi connectivity index (χ3n) is 1.67. The third-order valence-corrected chi connectivity index (χ3v) is 1.67. The van der Waals surface area contributed by atoms with Crippen LogP contribution < -0.4 is 10.1 Å². The van der Waals surface area contributed by atoms with Crippen molar-refractivity contribution >= 4 is 0 Å². The van der Waals surface area contributed by atoms with Gasteiger partial charge < -0.3 is 10.1 Å². The summed E-state index contributed by atoms with van der Waals surface area (Å²) in [7, 11) is 1.67. The molecule has 0 unspecified atom stereocenters. The summed E-state index contributed by atoms with van der Waals surface area (Å²) in [6, 6.07) is 3.68. The Balaban J connectivity index is 3.00. The van der Waals surface area contributed by atoms with Gasteiger partial charge in [-0.25, -0.2) is 4.39 Å². The van der Waals surface area contributed by atoms with Crippen LogP contribution in [-0.2, 0) is 0 Å². The van der Waals surface area contributed by atoms with Crippen molar-refractivity contribution in [1.29, 1.82) is 0 Å². The second kappa shape index (κ2) is 6.03. The number of hydrogen-bond acceptors (Lipinski definition) is 2. The summed E-state index contributed by atoms with van der Waals surface area (Å²) in [6.07, 6.45) is 0. The average molecular weight is 229 g/mol. The molecule has 0 amide bonds. The van der Waals surface area contributed by atoms with E-state index >= 15 is 0 Å². The van der Waals surface area contributed by atoms with Gasteiger partial charge in [0.25, 0.3) is 0 Å². The van der Waals surface area contributed by atoms with E-state index in [0.717, 1.165) is 6.07 Å². The van der Waals surface area contributed by atoms with E-state index in [-0.39, 0.29) is 11.3 Å². The van der Waals surface area contributed by atoms with Crippen LogP contribution >= 0.6 is 0 Å². The Morgan fingerprint density at radius 1 is 1.44 bits per heavy atom. The van der Waals surface area contributed by atoms with Gasteiger partial charge in [0.1, 0.15) is 17.1 Å². The van der Waals surface area contributed by atoms with E-state index in [1.165, 1.54) is 12.1 Å². The number of nitrogens with one attached hydrogen (secondary N) is 1. The van der Waals surface area contributed by atoms with Gasteiger partial charge in [-0.15, -0.1) is 0 Å². The van der Waals surface area contributed by atoms with Crippen LogP contribution in [0.5, 0.6) is 5.75 Å². The molecule has 0 aliphatic rings. The van der Waals surface area contributed by atoms with E-state index in [1.807, 2.05) is 0 Å². The van der Waals surface area contributed by atoms with Crippen LogP contribution in [0.4, 0.5) is 13.2 Å². The summed E-state index contributed by atoms with van der Waals surface area (Å²) in [5, 5.41) is 2.73. The lowest BCUT2D eigenvalue weighted by atomic mass is 10.2. The lowest BCUT2D eigenvalue weighted by Crippen LogP contribution is -2.06. The van der Waals surface area contributed by atoms with Gasteiger partial charge in [0.05, 0.1) is 6.54 Å². The minimum absolute atomic E-state index is 0.155. The molecule has 0 radical (unpaired) electrons. The summed E-state index contributed by atoms with van der Waals surface area (Å²) in [6.45, 7) is -2.66. The van der Waals surface area contributed by atoms with Gasteiger partial charge >= 0.3 is 6.61 Å². The molecule has 1 rings (SSSR count). The Bertz CT molecular complexity index is 409. The largest absolute Gasteiger partial charge is 0.433 e. The minimum Gasteiger partial charge on any atom is -0.433 e. The number of benzene rings is 1. The van der Waals surface area contributed by atoms with Crippen molar-refractivity contribution in [3.8, 4) is 17.6 Å². The Kier molecular flexibility index (Phi) is 4.67. The Morgan fingerprint density at radius 2 is 2.19 bits per heavy atom. The van der Waals surface area contributed by atoms with Crippen LogP contribution in [0.25, 0.3) is 0 Å². The Labute approximate surface area is 91.4 Å². The Morgan fingerprint density at radius 3 is 2.81 bits per heavy atom. The highest BCUT2D eigenvalue weighted by molar-refractivity contribution is 5.47. The van der Waals surface area contributed by atoms with Gasteiger partial charge in [-0.2, -0.15) is 8.78 Å². The summed E-state index contributed by atoms with van der Waals surface area (Å²) >= 11 is 0. The molecule has 1 N–H and O–H groups in total. The van der Waals surface area contributed by atoms with Gasteiger partial charge in [0.2, 0.25) is 0 Å². The van der Waals surface area contributed by atoms with E-state index in [9.17, 15) is 13.2 Å². The zero-order valence-corrected chi connectivity index (χ0v) is 8.56. The molecule has 16 heavy (non-hydrogen) atoms. The molecule has 0 aliphatic carbocycles. The van der Waals surface area contributed by atoms with E-state index in [0.29, 0.717) is 6.54 Å². The molecule has 0 aliphatic heterocycles. The molecule has 0 atom stereocenters. The maximum absolute atomic E-state index is 13.3. The molecule has 0 spiro atoms. The fourth-order valence-corrected chi connectivity index (χ4v) is 1.04. The smallest absolute Gasteiger partial charge is 0.387 e. The van der Waals surface area contributed by atoms with Crippen LogP contribution in [0.3, 0.4) is 0 Å². The van der Waals surface area contributed by atoms with Gasteiger partial charge in [0, 0.05) is 0 Å². The summed E-state index contributed by atoms with van der Waals surface area (Å²) in [5.41, 5.74) is -0.155. The van der Waals surface area contributed by atoms with Crippen molar-refractivity contribution in [2.45, 2.75) is 6.61 Å². The molecular weight excluding hydrogens is 219 g/mol. The second-order valence-electron chi connectivity index (χ2n) is 2.82. The Hall–Kier alpha value is -1.67. The maximum Gasteiger partial charge on any atom is 0.387 e. The monoisotopic (exact) mass is 229 g/mol. The lowest BCUT2D eigenvalue weighted by molar-refractivity contribution is -0.0501. The van der Waals surface area contributed by atoms with Crippen LogP contribution in [0, 0.1) is 17.7 Å². The van der Waals surface area contributed by atoms with Crippen LogP contribution in [0.1, 0.15) is 5.56 Å². The molecule has 1 aromatic carbocycles. The minimum atomic E-state index is -2.99. The first-order chi connectivity index (χ1) is 7.65. The molecular formula is C11H10F3NO. The first-order valence-electron chi connectivity index (χ1n) is 4.52. The number of hydrogen-bond donors (Lipinski definition) is 1. The molecule has 0 aromatic heterocycles. The first-order valence-corrected chi connectivity index (χ1v) is 4.52. The van der Waals surface area contributed by atoms with Crippen molar-refractivity contribution < 1.29 is 17.9 Å². The standard InChI is InChI=1S/C11H10F3NO/c1-15-7-3-4-8-9(12)5-2-6-10(8)16-11(13)14/h2,5-6,11,15H,7H2,1H3. The lowest BCUT2D eigenvalue weighted by Gasteiger charge is -2.06. The highest BCUT2D eigenvalue weighted by Crippen LogP contribution is 2.22. The van der Waals surface area contributed by atoms with E-state index in [2.05, 4.69) is 21.9 Å². The van der Waals surface area contributed by atoms with Crippen LogP contribution in [0.15, 0.2) is 18.2 Å². The summed E-state index contributed by atoms with van der Waals surface area (Å²) < 4.78 is 41.5. The molecule has 0 fully saturated rings. The highest BCUT2D eigenvalue weighted by Gasteiger charge is 2.11. The van der Waals surface area contributed by atoms with Crippen molar-refractivity contribution in [2.75, 3.05) is 13.6 Å². The number of ether oxygens (including phenoxy) is 1. The topological polar surface area (TPSA) is 21.3 Å². The number of halogens is 3. The van der Waals surface area contributed by atoms with Crippen LogP contribution in [-0.4, -0.2) is 20.2 Å². The zero-order chi connectivity index (χ0) is 12.0. The summed E-state index contributed by atoms with van der Waals surface area (Å²) in [5.74, 6) is 4.09. The molecule has 0 heterocycles. The average Bonchev–Trinajstić information content (AvgIpc) is 2.21. The fourth-order valence-electron chi connectivity index (χ4n) is 1.04.